The average Bonchev–Trinajstić information content (AvgIpc) is 2.79. The second kappa shape index (κ2) is 8.58. The summed E-state index contributed by atoms with van der Waals surface area (Å²) in [5, 5.41) is 13.2. The zero-order valence-electron chi connectivity index (χ0n) is 16.5. The van der Waals surface area contributed by atoms with E-state index in [0.717, 1.165) is 11.3 Å². The van der Waals surface area contributed by atoms with Crippen molar-refractivity contribution in [3.8, 4) is 0 Å². The summed E-state index contributed by atoms with van der Waals surface area (Å²) in [6.07, 6.45) is 0.701. The lowest BCUT2D eigenvalue weighted by Crippen LogP contribution is -2.06. The van der Waals surface area contributed by atoms with E-state index in [4.69, 9.17) is 5.73 Å². The fourth-order valence-corrected chi connectivity index (χ4v) is 4.55. The van der Waals surface area contributed by atoms with Crippen LogP contribution in [0, 0.1) is 0 Å². The Balaban J connectivity index is 1.43. The summed E-state index contributed by atoms with van der Waals surface area (Å²) in [5.74, 6) is 0.309. The largest absolute Gasteiger partial charge is 0.385 e. The summed E-state index contributed by atoms with van der Waals surface area (Å²) < 4.78 is 25.3. The first-order chi connectivity index (χ1) is 15.0. The number of rotatable bonds is 7. The number of nitrogens with two attached hydrogens (primary N) is 1. The number of benzene rings is 3. The Morgan fingerprint density at radius 3 is 2.32 bits per heavy atom. The maximum absolute atomic E-state index is 12.7. The van der Waals surface area contributed by atoms with Gasteiger partial charge in [-0.3, -0.25) is 10.7 Å². The zero-order chi connectivity index (χ0) is 21.8. The quantitative estimate of drug-likeness (QED) is 0.325. The predicted octanol–water partition coefficient (Wildman–Crippen LogP) is 3.50. The third-order valence-electron chi connectivity index (χ3n) is 4.85. The van der Waals surface area contributed by atoms with Gasteiger partial charge in [-0.2, -0.15) is 4.98 Å². The van der Waals surface area contributed by atoms with Crippen LogP contribution in [0.1, 0.15) is 5.56 Å². The van der Waals surface area contributed by atoms with Gasteiger partial charge in [0, 0.05) is 17.6 Å². The van der Waals surface area contributed by atoms with Crippen molar-refractivity contribution in [3.05, 3.63) is 78.4 Å². The number of hydrogen-bond donors (Lipinski definition) is 4. The summed E-state index contributed by atoms with van der Waals surface area (Å²) in [6.45, 7) is 0.633. The molecule has 4 aromatic rings. The molecule has 0 aliphatic heterocycles. The van der Waals surface area contributed by atoms with Gasteiger partial charge in [-0.05, 0) is 54.4 Å². The molecule has 1 heterocycles. The van der Waals surface area contributed by atoms with Crippen LogP contribution in [0.4, 0.5) is 17.5 Å². The molecule has 0 fully saturated rings. The summed E-state index contributed by atoms with van der Waals surface area (Å²) >= 11 is 0. The van der Waals surface area contributed by atoms with Crippen molar-refractivity contribution in [2.45, 2.75) is 16.2 Å². The van der Waals surface area contributed by atoms with E-state index in [1.165, 1.54) is 0 Å². The molecule has 0 radical (unpaired) electrons. The maximum atomic E-state index is 12.7. The molecule has 0 bridgehead atoms. The van der Waals surface area contributed by atoms with E-state index < -0.39 is 9.84 Å². The molecule has 4 rings (SSSR count). The van der Waals surface area contributed by atoms with E-state index in [-0.39, 0.29) is 21.6 Å². The summed E-state index contributed by atoms with van der Waals surface area (Å²) in [6, 6.07) is 20.8. The topological polar surface area (TPSA) is 130 Å². The molecule has 1 aromatic heterocycles. The number of nitrogens with one attached hydrogen (secondary N) is 2. The lowest BCUT2D eigenvalue weighted by Gasteiger charge is -2.10. The Bertz CT molecular complexity index is 1310. The minimum atomic E-state index is -3.51. The molecular formula is C22H21N5O3S. The van der Waals surface area contributed by atoms with Crippen LogP contribution < -0.4 is 16.5 Å². The Morgan fingerprint density at radius 2 is 1.61 bits per heavy atom. The lowest BCUT2D eigenvalue weighted by atomic mass is 10.1. The van der Waals surface area contributed by atoms with Crippen LogP contribution in [0.25, 0.3) is 10.9 Å². The van der Waals surface area contributed by atoms with E-state index in [1.807, 2.05) is 29.7 Å². The Morgan fingerprint density at radius 1 is 0.903 bits per heavy atom. The molecule has 0 atom stereocenters. The zero-order valence-corrected chi connectivity index (χ0v) is 17.3. The van der Waals surface area contributed by atoms with E-state index >= 15 is 0 Å². The predicted molar refractivity (Wildman–Crippen MR) is 120 cm³/mol. The molecule has 0 aliphatic carbocycles. The smallest absolute Gasteiger partial charge is 0.222 e. The number of sulfone groups is 1. The third kappa shape index (κ3) is 4.42. The van der Waals surface area contributed by atoms with E-state index in [2.05, 4.69) is 15.3 Å². The summed E-state index contributed by atoms with van der Waals surface area (Å²) in [4.78, 5) is 8.66. The van der Waals surface area contributed by atoms with Gasteiger partial charge in [0.25, 0.3) is 0 Å². The van der Waals surface area contributed by atoms with Gasteiger partial charge in [0.15, 0.2) is 5.82 Å². The Hall–Kier alpha value is -3.69. The molecule has 0 saturated carbocycles. The second-order valence-corrected chi connectivity index (χ2v) is 8.86. The molecule has 0 spiro atoms. The monoisotopic (exact) mass is 435 g/mol. The minimum absolute atomic E-state index is 0.0717. The highest BCUT2D eigenvalue weighted by molar-refractivity contribution is 7.91. The molecule has 9 heteroatoms. The first-order valence-corrected chi connectivity index (χ1v) is 11.1. The van der Waals surface area contributed by atoms with Crippen LogP contribution in [0.3, 0.4) is 0 Å². The average molecular weight is 436 g/mol. The van der Waals surface area contributed by atoms with Crippen LogP contribution in [0.5, 0.6) is 0 Å². The van der Waals surface area contributed by atoms with Crippen LogP contribution in [0.15, 0.2) is 82.6 Å². The number of anilines is 3. The molecule has 0 unspecified atom stereocenters. The van der Waals surface area contributed by atoms with Crippen LogP contribution >= 0.6 is 0 Å². The first-order valence-electron chi connectivity index (χ1n) is 9.58. The number of nitrogen functional groups attached to an aromatic ring is 1. The van der Waals surface area contributed by atoms with Crippen LogP contribution in [0.2, 0.25) is 0 Å². The number of hydrogen-bond acceptors (Lipinski definition) is 8. The molecule has 3 aromatic carbocycles. The molecule has 158 valence electrons. The number of aromatic nitrogens is 2. The van der Waals surface area contributed by atoms with Crippen LogP contribution in [-0.4, -0.2) is 30.1 Å². The van der Waals surface area contributed by atoms with Crippen molar-refractivity contribution in [1.29, 1.82) is 0 Å². The van der Waals surface area contributed by atoms with E-state index in [0.29, 0.717) is 23.9 Å². The highest BCUT2D eigenvalue weighted by atomic mass is 32.2. The lowest BCUT2D eigenvalue weighted by molar-refractivity contribution is 0.387. The standard InChI is InChI=1S/C22H21N5O3S/c23-22-25-20-11-8-16(14-19(20)21(26-22)27-28)24-13-12-15-6-9-18(10-7-15)31(29,30)17-4-2-1-3-5-17/h1-11,14,24,28H,12-13H2,(H3,23,25,26,27). The Kier molecular flexibility index (Phi) is 5.70. The highest BCUT2D eigenvalue weighted by Crippen LogP contribution is 2.25. The first kappa shape index (κ1) is 20.6. The number of nitrogens with zero attached hydrogens (tertiary/aromatic N) is 2. The van der Waals surface area contributed by atoms with Crippen molar-refractivity contribution in [2.75, 3.05) is 23.1 Å². The molecule has 0 saturated heterocycles. The maximum Gasteiger partial charge on any atom is 0.222 e. The highest BCUT2D eigenvalue weighted by Gasteiger charge is 2.16. The van der Waals surface area contributed by atoms with Gasteiger partial charge in [0.1, 0.15) is 0 Å². The third-order valence-corrected chi connectivity index (χ3v) is 6.63. The number of fused-ring (bicyclic) bond motifs is 1. The van der Waals surface area contributed by atoms with E-state index in [1.54, 1.807) is 48.5 Å². The van der Waals surface area contributed by atoms with Gasteiger partial charge in [0.05, 0.1) is 15.3 Å². The van der Waals surface area contributed by atoms with Gasteiger partial charge in [-0.15, -0.1) is 0 Å². The van der Waals surface area contributed by atoms with Gasteiger partial charge < -0.3 is 11.1 Å². The molecule has 0 aliphatic rings. The van der Waals surface area contributed by atoms with Crippen molar-refractivity contribution in [1.82, 2.24) is 9.97 Å². The van der Waals surface area contributed by atoms with Crippen LogP contribution in [-0.2, 0) is 16.3 Å². The fraction of sp³-hybridized carbons (Fsp3) is 0.0909. The van der Waals surface area contributed by atoms with Gasteiger partial charge in [-0.1, -0.05) is 30.3 Å². The normalized spacial score (nSPS) is 11.4. The van der Waals surface area contributed by atoms with Gasteiger partial charge in [-0.25, -0.2) is 13.4 Å². The second-order valence-electron chi connectivity index (χ2n) is 6.91. The van der Waals surface area contributed by atoms with Gasteiger partial charge >= 0.3 is 0 Å². The Labute approximate surface area is 179 Å². The van der Waals surface area contributed by atoms with E-state index in [9.17, 15) is 13.6 Å². The van der Waals surface area contributed by atoms with Gasteiger partial charge in [0.2, 0.25) is 15.8 Å². The molecule has 5 N–H and O–H groups in total. The van der Waals surface area contributed by atoms with Crippen molar-refractivity contribution >= 4 is 38.2 Å². The fourth-order valence-electron chi connectivity index (χ4n) is 3.26. The van der Waals surface area contributed by atoms with Crippen molar-refractivity contribution in [2.24, 2.45) is 0 Å². The summed E-state index contributed by atoms with van der Waals surface area (Å²) in [5.41, 5.74) is 10.1. The molecule has 8 nitrogen and oxygen atoms in total. The SMILES string of the molecule is Nc1nc(NO)c2cc(NCCc3ccc(S(=O)(=O)c4ccccc4)cc3)ccc2n1. The summed E-state index contributed by atoms with van der Waals surface area (Å²) in [7, 11) is -3.51. The minimum Gasteiger partial charge on any atom is -0.385 e. The molecule has 0 amide bonds. The van der Waals surface area contributed by atoms with Crippen molar-refractivity contribution < 1.29 is 13.6 Å². The molecule has 31 heavy (non-hydrogen) atoms. The van der Waals surface area contributed by atoms with Crippen molar-refractivity contribution in [3.63, 3.8) is 0 Å². The molecular weight excluding hydrogens is 414 g/mol.